The van der Waals surface area contributed by atoms with E-state index in [2.05, 4.69) is 17.0 Å². The summed E-state index contributed by atoms with van der Waals surface area (Å²) in [6, 6.07) is 6.13. The van der Waals surface area contributed by atoms with Gasteiger partial charge in [-0.1, -0.05) is 11.6 Å². The van der Waals surface area contributed by atoms with Crippen LogP contribution in [0.3, 0.4) is 0 Å². The topological polar surface area (TPSA) is 29.3 Å². The van der Waals surface area contributed by atoms with Crippen molar-refractivity contribution in [1.82, 2.24) is 0 Å². The van der Waals surface area contributed by atoms with E-state index in [9.17, 15) is 0 Å². The summed E-state index contributed by atoms with van der Waals surface area (Å²) in [5.41, 5.74) is 8.25. The molecule has 2 N–H and O–H groups in total. The van der Waals surface area contributed by atoms with Crippen molar-refractivity contribution in [3.05, 3.63) is 28.8 Å². The number of rotatable bonds is 2. The molecule has 2 rings (SSSR count). The van der Waals surface area contributed by atoms with Gasteiger partial charge >= 0.3 is 0 Å². The second kappa shape index (κ2) is 5.59. The molecule has 1 aliphatic rings. The smallest absolute Gasteiger partial charge is 0.0410 e. The van der Waals surface area contributed by atoms with Gasteiger partial charge in [-0.25, -0.2) is 0 Å². The Labute approximate surface area is 102 Å². The molecule has 1 aromatic carbocycles. The van der Waals surface area contributed by atoms with Gasteiger partial charge in [-0.05, 0) is 36.6 Å². The third-order valence-corrected chi connectivity index (χ3v) is 2.89. The second-order valence-corrected chi connectivity index (χ2v) is 4.09. The van der Waals surface area contributed by atoms with Crippen LogP contribution in [0.2, 0.25) is 5.02 Å². The van der Waals surface area contributed by atoms with Crippen LogP contribution in [0.5, 0.6) is 0 Å². The van der Waals surface area contributed by atoms with Crippen molar-refractivity contribution < 1.29 is 0 Å². The Kier molecular flexibility index (Phi) is 4.71. The Morgan fingerprint density at radius 2 is 2.20 bits per heavy atom. The number of aryl methyl sites for hydroxylation is 1. The largest absolute Gasteiger partial charge is 0.370 e. The van der Waals surface area contributed by atoms with E-state index in [-0.39, 0.29) is 12.4 Å². The Morgan fingerprint density at radius 3 is 2.93 bits per heavy atom. The van der Waals surface area contributed by atoms with Crippen LogP contribution in [0.15, 0.2) is 18.2 Å². The molecule has 1 aromatic rings. The Hall–Kier alpha value is -0.440. The SMILES string of the molecule is Cl.NCCN1CCCc2cc(Cl)ccc21. The second-order valence-electron chi connectivity index (χ2n) is 3.65. The lowest BCUT2D eigenvalue weighted by Crippen LogP contribution is -2.33. The van der Waals surface area contributed by atoms with Crippen molar-refractivity contribution in [2.24, 2.45) is 5.73 Å². The molecule has 0 fully saturated rings. The summed E-state index contributed by atoms with van der Waals surface area (Å²) >= 11 is 5.96. The first kappa shape index (κ1) is 12.6. The van der Waals surface area contributed by atoms with Gasteiger partial charge in [0.2, 0.25) is 0 Å². The number of nitrogens with two attached hydrogens (primary N) is 1. The zero-order valence-corrected chi connectivity index (χ0v) is 10.2. The van der Waals surface area contributed by atoms with Crippen molar-refractivity contribution in [3.8, 4) is 0 Å². The quantitative estimate of drug-likeness (QED) is 0.869. The first-order chi connectivity index (χ1) is 6.81. The summed E-state index contributed by atoms with van der Waals surface area (Å²) in [5.74, 6) is 0. The van der Waals surface area contributed by atoms with Gasteiger partial charge in [0.05, 0.1) is 0 Å². The van der Waals surface area contributed by atoms with Gasteiger partial charge in [0.1, 0.15) is 0 Å². The molecule has 84 valence electrons. The van der Waals surface area contributed by atoms with Crippen LogP contribution >= 0.6 is 24.0 Å². The zero-order valence-electron chi connectivity index (χ0n) is 8.58. The lowest BCUT2D eigenvalue weighted by Gasteiger charge is -2.31. The number of benzene rings is 1. The van der Waals surface area contributed by atoms with Gasteiger partial charge < -0.3 is 10.6 Å². The van der Waals surface area contributed by atoms with Crippen LogP contribution in [-0.4, -0.2) is 19.6 Å². The van der Waals surface area contributed by atoms with Crippen molar-refractivity contribution in [2.45, 2.75) is 12.8 Å². The maximum Gasteiger partial charge on any atom is 0.0410 e. The molecule has 0 saturated heterocycles. The average Bonchev–Trinajstić information content (AvgIpc) is 2.18. The summed E-state index contributed by atoms with van der Waals surface area (Å²) < 4.78 is 0. The monoisotopic (exact) mass is 246 g/mol. The molecule has 0 aromatic heterocycles. The molecule has 0 spiro atoms. The predicted molar refractivity (Wildman–Crippen MR) is 68.3 cm³/mol. The molecule has 0 unspecified atom stereocenters. The molecule has 0 saturated carbocycles. The standard InChI is InChI=1S/C11H15ClN2.ClH/c12-10-3-4-11-9(8-10)2-1-6-14(11)7-5-13;/h3-4,8H,1-2,5-7,13H2;1H. The van der Waals surface area contributed by atoms with Gasteiger partial charge in [-0.2, -0.15) is 0 Å². The van der Waals surface area contributed by atoms with Gasteiger partial charge in [-0.15, -0.1) is 12.4 Å². The first-order valence-corrected chi connectivity index (χ1v) is 5.42. The van der Waals surface area contributed by atoms with E-state index in [4.69, 9.17) is 17.3 Å². The number of anilines is 1. The number of hydrogen-bond acceptors (Lipinski definition) is 2. The van der Waals surface area contributed by atoms with Gasteiger partial charge in [0.15, 0.2) is 0 Å². The van der Waals surface area contributed by atoms with Crippen LogP contribution in [0, 0.1) is 0 Å². The molecule has 0 radical (unpaired) electrons. The van der Waals surface area contributed by atoms with E-state index in [1.807, 2.05) is 6.07 Å². The van der Waals surface area contributed by atoms with Crippen molar-refractivity contribution >= 4 is 29.7 Å². The highest BCUT2D eigenvalue weighted by atomic mass is 35.5. The summed E-state index contributed by atoms with van der Waals surface area (Å²) in [6.45, 7) is 2.77. The molecular weight excluding hydrogens is 231 g/mol. The molecule has 15 heavy (non-hydrogen) atoms. The van der Waals surface area contributed by atoms with Crippen LogP contribution in [0.4, 0.5) is 5.69 Å². The molecule has 2 nitrogen and oxygen atoms in total. The minimum atomic E-state index is 0. The first-order valence-electron chi connectivity index (χ1n) is 5.04. The lowest BCUT2D eigenvalue weighted by molar-refractivity contribution is 0.692. The minimum Gasteiger partial charge on any atom is -0.370 e. The van der Waals surface area contributed by atoms with Crippen molar-refractivity contribution in [1.29, 1.82) is 0 Å². The summed E-state index contributed by atoms with van der Waals surface area (Å²) in [6.07, 6.45) is 2.34. The number of fused-ring (bicyclic) bond motifs is 1. The van der Waals surface area contributed by atoms with Crippen LogP contribution < -0.4 is 10.6 Å². The van der Waals surface area contributed by atoms with E-state index in [0.29, 0.717) is 6.54 Å². The van der Waals surface area contributed by atoms with E-state index in [1.54, 1.807) is 0 Å². The maximum atomic E-state index is 5.96. The van der Waals surface area contributed by atoms with Crippen molar-refractivity contribution in [3.63, 3.8) is 0 Å². The molecule has 0 atom stereocenters. The molecular formula is C11H16Cl2N2. The summed E-state index contributed by atoms with van der Waals surface area (Å²) in [5, 5.41) is 0.832. The Balaban J connectivity index is 0.00000112. The Morgan fingerprint density at radius 1 is 1.40 bits per heavy atom. The normalized spacial score (nSPS) is 14.4. The molecule has 1 aliphatic heterocycles. The maximum absolute atomic E-state index is 5.96. The van der Waals surface area contributed by atoms with Gasteiger partial charge in [0.25, 0.3) is 0 Å². The van der Waals surface area contributed by atoms with Crippen molar-refractivity contribution in [2.75, 3.05) is 24.5 Å². The fourth-order valence-electron chi connectivity index (χ4n) is 2.03. The lowest BCUT2D eigenvalue weighted by atomic mass is 10.0. The average molecular weight is 247 g/mol. The molecule has 4 heteroatoms. The highest BCUT2D eigenvalue weighted by molar-refractivity contribution is 6.30. The Bertz CT molecular complexity index is 328. The van der Waals surface area contributed by atoms with Crippen LogP contribution in [-0.2, 0) is 6.42 Å². The molecule has 1 heterocycles. The van der Waals surface area contributed by atoms with Crippen LogP contribution in [0.1, 0.15) is 12.0 Å². The fourth-order valence-corrected chi connectivity index (χ4v) is 2.23. The highest BCUT2D eigenvalue weighted by Gasteiger charge is 2.15. The van der Waals surface area contributed by atoms with Gasteiger partial charge in [0, 0.05) is 30.3 Å². The minimum absolute atomic E-state index is 0. The van der Waals surface area contributed by atoms with Crippen LogP contribution in [0.25, 0.3) is 0 Å². The van der Waals surface area contributed by atoms with E-state index < -0.39 is 0 Å². The number of hydrogen-bond donors (Lipinski definition) is 1. The summed E-state index contributed by atoms with van der Waals surface area (Å²) in [7, 11) is 0. The van der Waals surface area contributed by atoms with E-state index >= 15 is 0 Å². The third kappa shape index (κ3) is 2.77. The zero-order chi connectivity index (χ0) is 9.97. The number of halogens is 2. The molecule has 0 amide bonds. The van der Waals surface area contributed by atoms with E-state index in [1.165, 1.54) is 17.7 Å². The van der Waals surface area contributed by atoms with Gasteiger partial charge in [-0.3, -0.25) is 0 Å². The van der Waals surface area contributed by atoms with E-state index in [0.717, 1.165) is 24.5 Å². The molecule has 0 bridgehead atoms. The fraction of sp³-hybridized carbons (Fsp3) is 0.455. The third-order valence-electron chi connectivity index (χ3n) is 2.66. The highest BCUT2D eigenvalue weighted by Crippen LogP contribution is 2.28. The summed E-state index contributed by atoms with van der Waals surface area (Å²) in [4.78, 5) is 2.34. The number of nitrogens with zero attached hydrogens (tertiary/aromatic N) is 1. The molecule has 0 aliphatic carbocycles. The predicted octanol–water partition coefficient (Wildman–Crippen LogP) is 2.47.